The molecule has 0 saturated carbocycles. The molecule has 7 heteroatoms. The van der Waals surface area contributed by atoms with Crippen molar-refractivity contribution >= 4 is 23.1 Å². The first-order valence-corrected chi connectivity index (χ1v) is 9.47. The number of nitriles is 1. The van der Waals surface area contributed by atoms with Crippen molar-refractivity contribution in [1.29, 1.82) is 5.26 Å². The van der Waals surface area contributed by atoms with Crippen molar-refractivity contribution in [3.63, 3.8) is 0 Å². The van der Waals surface area contributed by atoms with Crippen LogP contribution in [0.25, 0.3) is 0 Å². The minimum Gasteiger partial charge on any atom is -0.352 e. The summed E-state index contributed by atoms with van der Waals surface area (Å²) in [5.74, 6) is 0.733. The highest BCUT2D eigenvalue weighted by atomic mass is 16.2. The van der Waals surface area contributed by atoms with E-state index in [-0.39, 0.29) is 5.91 Å². The number of rotatable bonds is 3. The van der Waals surface area contributed by atoms with E-state index in [9.17, 15) is 10.1 Å². The summed E-state index contributed by atoms with van der Waals surface area (Å²) < 4.78 is 0. The minimum atomic E-state index is 0.0360. The number of hydrogen-bond donors (Lipinski definition) is 0. The summed E-state index contributed by atoms with van der Waals surface area (Å²) in [5.41, 5.74) is 3.40. The average Bonchev–Trinajstić information content (AvgIpc) is 3.20. The molecule has 4 rings (SSSR count). The van der Waals surface area contributed by atoms with Crippen molar-refractivity contribution in [2.45, 2.75) is 13.3 Å². The molecule has 3 heterocycles. The SMILES string of the molecule is CC1=NN(c2ccc(C(=O)N3CCN(c4ncccc4C#N)CC3)cc2)CC1. The maximum absolute atomic E-state index is 12.8. The summed E-state index contributed by atoms with van der Waals surface area (Å²) >= 11 is 0. The Morgan fingerprint density at radius 2 is 1.82 bits per heavy atom. The lowest BCUT2D eigenvalue weighted by atomic mass is 10.1. The molecular weight excluding hydrogens is 352 g/mol. The molecule has 0 N–H and O–H groups in total. The highest BCUT2D eigenvalue weighted by Gasteiger charge is 2.24. The largest absolute Gasteiger partial charge is 0.352 e. The second-order valence-corrected chi connectivity index (χ2v) is 7.02. The van der Waals surface area contributed by atoms with Crippen LogP contribution in [0, 0.1) is 11.3 Å². The number of anilines is 2. The predicted octanol–water partition coefficient (Wildman–Crippen LogP) is 2.50. The normalized spacial score (nSPS) is 16.7. The van der Waals surface area contributed by atoms with Crippen molar-refractivity contribution in [1.82, 2.24) is 9.88 Å². The molecule has 1 aromatic heterocycles. The van der Waals surface area contributed by atoms with E-state index in [1.165, 1.54) is 0 Å². The van der Waals surface area contributed by atoms with Gasteiger partial charge in [0.05, 0.1) is 11.3 Å². The van der Waals surface area contributed by atoms with Gasteiger partial charge in [-0.05, 0) is 43.3 Å². The topological polar surface area (TPSA) is 75.8 Å². The number of amides is 1. The molecule has 7 nitrogen and oxygen atoms in total. The third-order valence-electron chi connectivity index (χ3n) is 5.16. The van der Waals surface area contributed by atoms with Crippen molar-refractivity contribution in [2.24, 2.45) is 5.10 Å². The molecule has 1 amide bonds. The van der Waals surface area contributed by atoms with Crippen LogP contribution in [0.2, 0.25) is 0 Å². The second-order valence-electron chi connectivity index (χ2n) is 7.02. The second kappa shape index (κ2) is 7.69. The quantitative estimate of drug-likeness (QED) is 0.825. The van der Waals surface area contributed by atoms with E-state index in [2.05, 4.69) is 21.1 Å². The zero-order valence-electron chi connectivity index (χ0n) is 15.9. The van der Waals surface area contributed by atoms with E-state index in [1.54, 1.807) is 18.3 Å². The summed E-state index contributed by atoms with van der Waals surface area (Å²) in [6.45, 7) is 5.46. The van der Waals surface area contributed by atoms with Crippen molar-refractivity contribution < 1.29 is 4.79 Å². The van der Waals surface area contributed by atoms with Gasteiger partial charge in [0.25, 0.3) is 5.91 Å². The van der Waals surface area contributed by atoms with Crippen LogP contribution < -0.4 is 9.91 Å². The number of hydrogen-bond acceptors (Lipinski definition) is 6. The van der Waals surface area contributed by atoms with Gasteiger partial charge < -0.3 is 9.80 Å². The summed E-state index contributed by atoms with van der Waals surface area (Å²) in [6, 6.07) is 13.4. The van der Waals surface area contributed by atoms with Crippen LogP contribution in [0.1, 0.15) is 29.3 Å². The van der Waals surface area contributed by atoms with Gasteiger partial charge in [0, 0.05) is 56.6 Å². The van der Waals surface area contributed by atoms with Crippen LogP contribution in [0.5, 0.6) is 0 Å². The first-order valence-electron chi connectivity index (χ1n) is 9.47. The van der Waals surface area contributed by atoms with Crippen molar-refractivity contribution in [3.05, 3.63) is 53.7 Å². The van der Waals surface area contributed by atoms with Gasteiger partial charge in [0.2, 0.25) is 0 Å². The van der Waals surface area contributed by atoms with Crippen LogP contribution in [0.15, 0.2) is 47.7 Å². The van der Waals surface area contributed by atoms with Gasteiger partial charge in [-0.1, -0.05) is 0 Å². The van der Waals surface area contributed by atoms with Gasteiger partial charge in [0.15, 0.2) is 0 Å². The fraction of sp³-hybridized carbons (Fsp3) is 0.333. The van der Waals surface area contributed by atoms with Crippen LogP contribution in [-0.2, 0) is 0 Å². The standard InChI is InChI=1S/C21H22N6O/c1-16-8-10-27(24-16)19-6-4-17(5-7-19)21(28)26-13-11-25(12-14-26)20-18(15-22)3-2-9-23-20/h2-7,9H,8,10-14H2,1H3. The third-order valence-corrected chi connectivity index (χ3v) is 5.16. The molecule has 0 radical (unpaired) electrons. The number of piperazine rings is 1. The fourth-order valence-electron chi connectivity index (χ4n) is 3.58. The number of hydrazone groups is 1. The van der Waals surface area contributed by atoms with Gasteiger partial charge in [0.1, 0.15) is 11.9 Å². The Hall–Kier alpha value is -3.40. The molecule has 2 aromatic rings. The third kappa shape index (κ3) is 3.54. The molecule has 0 atom stereocenters. The fourth-order valence-corrected chi connectivity index (χ4v) is 3.58. The monoisotopic (exact) mass is 374 g/mol. The predicted molar refractivity (Wildman–Crippen MR) is 109 cm³/mol. The smallest absolute Gasteiger partial charge is 0.253 e. The average molecular weight is 374 g/mol. The number of benzene rings is 1. The lowest BCUT2D eigenvalue weighted by molar-refractivity contribution is 0.0746. The maximum atomic E-state index is 12.8. The number of carbonyl (C=O) groups excluding carboxylic acids is 1. The number of carbonyl (C=O) groups is 1. The van der Waals surface area contributed by atoms with Gasteiger partial charge in [-0.2, -0.15) is 10.4 Å². The maximum Gasteiger partial charge on any atom is 0.253 e. The Kier molecular flexibility index (Phi) is 4.94. The Morgan fingerprint density at radius 3 is 2.46 bits per heavy atom. The molecule has 0 spiro atoms. The molecule has 1 fully saturated rings. The van der Waals surface area contributed by atoms with Gasteiger partial charge in [-0.3, -0.25) is 9.80 Å². The molecule has 0 bridgehead atoms. The molecule has 0 unspecified atom stereocenters. The van der Waals surface area contributed by atoms with E-state index in [0.29, 0.717) is 43.1 Å². The summed E-state index contributed by atoms with van der Waals surface area (Å²) in [5, 5.41) is 15.7. The lowest BCUT2D eigenvalue weighted by Crippen LogP contribution is -2.49. The van der Waals surface area contributed by atoms with Gasteiger partial charge in [-0.15, -0.1) is 0 Å². The Labute approximate surface area is 164 Å². The molecule has 1 saturated heterocycles. The molecule has 28 heavy (non-hydrogen) atoms. The van der Waals surface area contributed by atoms with E-state index >= 15 is 0 Å². The zero-order chi connectivity index (χ0) is 19.5. The first-order chi connectivity index (χ1) is 13.7. The Morgan fingerprint density at radius 1 is 1.07 bits per heavy atom. The highest BCUT2D eigenvalue weighted by molar-refractivity contribution is 5.95. The van der Waals surface area contributed by atoms with E-state index in [1.807, 2.05) is 41.1 Å². The van der Waals surface area contributed by atoms with Crippen LogP contribution in [-0.4, -0.2) is 54.2 Å². The van der Waals surface area contributed by atoms with Crippen LogP contribution in [0.3, 0.4) is 0 Å². The molecule has 0 aliphatic carbocycles. The molecule has 2 aliphatic rings. The van der Waals surface area contributed by atoms with Crippen molar-refractivity contribution in [2.75, 3.05) is 42.6 Å². The molecular formula is C21H22N6O. The van der Waals surface area contributed by atoms with E-state index < -0.39 is 0 Å². The molecule has 2 aliphatic heterocycles. The van der Waals surface area contributed by atoms with Gasteiger partial charge >= 0.3 is 0 Å². The lowest BCUT2D eigenvalue weighted by Gasteiger charge is -2.35. The number of aromatic nitrogens is 1. The number of nitrogens with zero attached hydrogens (tertiary/aromatic N) is 6. The van der Waals surface area contributed by atoms with Crippen molar-refractivity contribution in [3.8, 4) is 6.07 Å². The molecule has 1 aromatic carbocycles. The van der Waals surface area contributed by atoms with E-state index in [4.69, 9.17) is 0 Å². The van der Waals surface area contributed by atoms with Gasteiger partial charge in [-0.25, -0.2) is 4.98 Å². The zero-order valence-corrected chi connectivity index (χ0v) is 15.9. The highest BCUT2D eigenvalue weighted by Crippen LogP contribution is 2.22. The van der Waals surface area contributed by atoms with Crippen LogP contribution in [0.4, 0.5) is 11.5 Å². The first kappa shape index (κ1) is 18.0. The summed E-state index contributed by atoms with van der Waals surface area (Å²) in [7, 11) is 0. The van der Waals surface area contributed by atoms with Crippen LogP contribution >= 0.6 is 0 Å². The Bertz CT molecular complexity index is 938. The summed E-state index contributed by atoms with van der Waals surface area (Å²) in [4.78, 5) is 21.1. The summed E-state index contributed by atoms with van der Waals surface area (Å²) in [6.07, 6.45) is 2.68. The van der Waals surface area contributed by atoms with E-state index in [0.717, 1.165) is 24.4 Å². The molecule has 142 valence electrons. The minimum absolute atomic E-state index is 0.0360. The number of pyridine rings is 1. The Balaban J connectivity index is 1.39.